The Balaban J connectivity index is 0.00000152. The molecule has 2 aliphatic rings. The van der Waals surface area contributed by atoms with Crippen molar-refractivity contribution in [1.82, 2.24) is 0 Å². The Labute approximate surface area is 231 Å². The van der Waals surface area contributed by atoms with E-state index in [9.17, 15) is 5.11 Å². The molecule has 0 atom stereocenters. The molecular formula is C30H31Cl2O2SiZr. The zero-order valence-electron chi connectivity index (χ0n) is 20.6. The molecule has 0 aromatic heterocycles. The number of ether oxygens (including phenoxy) is 1. The van der Waals surface area contributed by atoms with Crippen molar-refractivity contribution in [3.05, 3.63) is 113 Å². The zero-order valence-corrected chi connectivity index (χ0v) is 26.1. The quantitative estimate of drug-likeness (QED) is 0.228. The first-order chi connectivity index (χ1) is 16.5. The fourth-order valence-electron chi connectivity index (χ4n) is 6.41. The second-order valence-corrected chi connectivity index (χ2v) is 31.7. The molecule has 0 heterocycles. The van der Waals surface area contributed by atoms with Crippen molar-refractivity contribution >= 4 is 31.7 Å². The number of hydrogen-bond donors (Lipinski definition) is 1. The summed E-state index contributed by atoms with van der Waals surface area (Å²) in [5, 5.41) is 9.74. The van der Waals surface area contributed by atoms with Crippen LogP contribution in [0.15, 0.2) is 84.9 Å². The molecule has 0 aliphatic heterocycles. The van der Waals surface area contributed by atoms with Crippen molar-refractivity contribution in [3.8, 4) is 28.0 Å². The Morgan fingerprint density at radius 2 is 1.31 bits per heavy atom. The Morgan fingerprint density at radius 3 is 1.89 bits per heavy atom. The van der Waals surface area contributed by atoms with Gasteiger partial charge in [0.15, 0.2) is 0 Å². The fraction of sp³-hybridized carbons (Fsp3) is 0.200. The van der Waals surface area contributed by atoms with Gasteiger partial charge in [-0.1, -0.05) is 0 Å². The Kier molecular flexibility index (Phi) is 7.78. The predicted octanol–water partition coefficient (Wildman–Crippen LogP) is 6.54. The molecular weight excluding hydrogens is 583 g/mol. The van der Waals surface area contributed by atoms with Gasteiger partial charge in [-0.05, 0) is 0 Å². The van der Waals surface area contributed by atoms with E-state index >= 15 is 0 Å². The molecule has 0 spiro atoms. The minimum absolute atomic E-state index is 0. The molecule has 0 fully saturated rings. The van der Waals surface area contributed by atoms with E-state index in [1.165, 1.54) is 50.1 Å². The number of fused-ring (bicyclic) bond motifs is 6. The summed E-state index contributed by atoms with van der Waals surface area (Å²) < 4.78 is 11.5. The van der Waals surface area contributed by atoms with Crippen LogP contribution in [0.3, 0.4) is 0 Å². The number of aliphatic hydroxyl groups is 1. The van der Waals surface area contributed by atoms with Gasteiger partial charge in [0.05, 0.1) is 0 Å². The molecule has 4 aromatic rings. The van der Waals surface area contributed by atoms with Crippen molar-refractivity contribution in [2.75, 3.05) is 13.2 Å². The molecule has 0 unspecified atom stereocenters. The van der Waals surface area contributed by atoms with Crippen LogP contribution in [-0.4, -0.2) is 25.2 Å². The summed E-state index contributed by atoms with van der Waals surface area (Å²) in [6.07, 6.45) is 0.876. The van der Waals surface area contributed by atoms with E-state index in [0.717, 1.165) is 12.2 Å². The van der Waals surface area contributed by atoms with Crippen molar-refractivity contribution in [3.63, 3.8) is 0 Å². The monoisotopic (exact) mass is 611 g/mol. The number of benzene rings is 4. The number of hydrogen-bond acceptors (Lipinski definition) is 2. The molecule has 2 nitrogen and oxygen atoms in total. The summed E-state index contributed by atoms with van der Waals surface area (Å²) in [6.45, 7) is 2.60. The first-order valence-corrected chi connectivity index (χ1v) is 24.1. The Hall–Kier alpha value is -1.68. The maximum absolute atomic E-state index is 9.74. The average Bonchev–Trinajstić information content (AvgIpc) is 3.37. The van der Waals surface area contributed by atoms with Gasteiger partial charge in [0.1, 0.15) is 0 Å². The first kappa shape index (κ1) is 27.4. The molecule has 6 rings (SSSR count). The van der Waals surface area contributed by atoms with Crippen molar-refractivity contribution in [2.24, 2.45) is 0 Å². The van der Waals surface area contributed by atoms with Gasteiger partial charge >= 0.3 is 208 Å². The Morgan fingerprint density at radius 1 is 0.750 bits per heavy atom. The van der Waals surface area contributed by atoms with Crippen LogP contribution in [0, 0.1) is 0 Å². The third-order valence-corrected chi connectivity index (χ3v) is 17.8. The van der Waals surface area contributed by atoms with Crippen LogP contribution in [-0.2, 0) is 28.4 Å². The molecule has 0 radical (unpaired) electrons. The molecule has 2 aliphatic carbocycles. The Bertz CT molecular complexity index is 1450. The van der Waals surface area contributed by atoms with Gasteiger partial charge < -0.3 is 0 Å². The SMILES string of the molecule is Cl.Cl.[CH3][Zr]([CH3])(=[SiH2])[C]1(c2ccc3c(c2OCCO)Cc2ccccc2-3)c2ccccc2-c2ccccc21. The van der Waals surface area contributed by atoms with E-state index in [2.05, 4.69) is 101 Å². The van der Waals surface area contributed by atoms with Crippen LogP contribution in [0.2, 0.25) is 9.26 Å². The molecule has 0 saturated heterocycles. The van der Waals surface area contributed by atoms with Crippen molar-refractivity contribution in [2.45, 2.75) is 18.8 Å². The van der Waals surface area contributed by atoms with E-state index in [0.29, 0.717) is 6.61 Å². The number of halogens is 2. The summed E-state index contributed by atoms with van der Waals surface area (Å²) in [7, 11) is 0. The third-order valence-electron chi connectivity index (χ3n) is 7.64. The van der Waals surface area contributed by atoms with E-state index in [-0.39, 0.29) is 34.5 Å². The first-order valence-electron chi connectivity index (χ1n) is 12.0. The van der Waals surface area contributed by atoms with Crippen molar-refractivity contribution < 1.29 is 28.7 Å². The van der Waals surface area contributed by atoms with Crippen LogP contribution in [0.25, 0.3) is 22.3 Å². The summed E-state index contributed by atoms with van der Waals surface area (Å²) >= 11 is -2.84. The molecule has 0 amide bonds. The predicted molar refractivity (Wildman–Crippen MR) is 154 cm³/mol. The van der Waals surface area contributed by atoms with E-state index < -0.39 is 18.9 Å². The van der Waals surface area contributed by atoms with Crippen LogP contribution in [0.4, 0.5) is 0 Å². The molecule has 6 heteroatoms. The minimum atomic E-state index is -2.84. The number of aliphatic hydroxyl groups excluding tert-OH is 1. The van der Waals surface area contributed by atoms with Crippen LogP contribution >= 0.6 is 24.8 Å². The topological polar surface area (TPSA) is 29.5 Å². The summed E-state index contributed by atoms with van der Waals surface area (Å²) in [5.41, 5.74) is 12.1. The molecule has 36 heavy (non-hydrogen) atoms. The summed E-state index contributed by atoms with van der Waals surface area (Å²) in [4.78, 5) is 0. The van der Waals surface area contributed by atoms with Gasteiger partial charge in [-0.15, -0.1) is 24.8 Å². The van der Waals surface area contributed by atoms with Gasteiger partial charge in [0.2, 0.25) is 0 Å². The molecule has 4 aromatic carbocycles. The van der Waals surface area contributed by atoms with E-state index in [4.69, 9.17) is 4.74 Å². The van der Waals surface area contributed by atoms with E-state index in [1.807, 2.05) is 0 Å². The fourth-order valence-corrected chi connectivity index (χ4v) is 16.7. The number of rotatable bonds is 5. The van der Waals surface area contributed by atoms with E-state index in [1.54, 1.807) is 0 Å². The standard InChI is InChI=1S/C28H21O2.2CH3.2ClH.H2Si.Zr/c29-15-16-30-28-25(14-13-22-19-8-2-1-7-18(19)17-26(22)28)27-23-11-5-3-9-20(23)21-10-4-6-12-24(21)27;;;;;;/h1-14,29H,15-17H2;2*1H3;2*1H;1H2;. The zero-order chi connectivity index (χ0) is 23.5. The van der Waals surface area contributed by atoms with Crippen LogP contribution < -0.4 is 4.74 Å². The van der Waals surface area contributed by atoms with Gasteiger partial charge in [-0.25, -0.2) is 0 Å². The molecule has 0 saturated carbocycles. The van der Waals surface area contributed by atoms with Gasteiger partial charge in [0, 0.05) is 0 Å². The average molecular weight is 614 g/mol. The second kappa shape index (κ2) is 10.2. The van der Waals surface area contributed by atoms with Gasteiger partial charge in [-0.3, -0.25) is 0 Å². The summed E-state index contributed by atoms with van der Waals surface area (Å²) in [6, 6.07) is 31.3. The van der Waals surface area contributed by atoms with Crippen LogP contribution in [0.5, 0.6) is 5.75 Å². The molecule has 0 bridgehead atoms. The van der Waals surface area contributed by atoms with Gasteiger partial charge in [0.25, 0.3) is 0 Å². The maximum atomic E-state index is 9.74. The van der Waals surface area contributed by atoms with Gasteiger partial charge in [-0.2, -0.15) is 0 Å². The normalized spacial score (nSPS) is 14.0. The summed E-state index contributed by atoms with van der Waals surface area (Å²) in [5.74, 6) is 0.991. The third kappa shape index (κ3) is 3.80. The van der Waals surface area contributed by atoms with Crippen LogP contribution in [0.1, 0.15) is 27.8 Å². The molecule has 185 valence electrons. The second-order valence-electron chi connectivity index (χ2n) is 10.1. The van der Waals surface area contributed by atoms with Crippen molar-refractivity contribution in [1.29, 1.82) is 0 Å². The molecule has 1 N–H and O–H groups in total.